The van der Waals surface area contributed by atoms with Gasteiger partial charge in [0.2, 0.25) is 5.60 Å². The van der Waals surface area contributed by atoms with E-state index < -0.39 is 46.8 Å². The van der Waals surface area contributed by atoms with Crippen molar-refractivity contribution in [2.45, 2.75) is 90.3 Å². The van der Waals surface area contributed by atoms with E-state index in [1.54, 1.807) is 6.92 Å². The first-order valence-electron chi connectivity index (χ1n) is 8.99. The zero-order valence-electron chi connectivity index (χ0n) is 16.2. The van der Waals surface area contributed by atoms with Gasteiger partial charge in [-0.15, -0.1) is 0 Å². The molecule has 27 heavy (non-hydrogen) atoms. The highest BCUT2D eigenvalue weighted by atomic mass is 19.4. The number of carbonyl (C=O) groups excluding carboxylic acids is 1. The first-order valence-corrected chi connectivity index (χ1v) is 8.99. The molecule has 0 aromatic rings. The van der Waals surface area contributed by atoms with E-state index in [2.05, 4.69) is 0 Å². The lowest BCUT2D eigenvalue weighted by molar-refractivity contribution is -0.295. The second kappa shape index (κ2) is 7.44. The second-order valence-corrected chi connectivity index (χ2v) is 8.43. The van der Waals surface area contributed by atoms with Crippen LogP contribution in [0.1, 0.15) is 66.7 Å². The molecule has 0 aromatic carbocycles. The number of alkyl halides is 6. The van der Waals surface area contributed by atoms with Gasteiger partial charge in [0.15, 0.2) is 5.60 Å². The van der Waals surface area contributed by atoms with Gasteiger partial charge in [0.25, 0.3) is 0 Å². The average Bonchev–Trinajstić information content (AvgIpc) is 2.52. The smallest absolute Gasteiger partial charge is 0.428 e. The normalized spacial score (nSPS) is 26.8. The van der Waals surface area contributed by atoms with E-state index >= 15 is 0 Å². The maximum absolute atomic E-state index is 13.8. The quantitative estimate of drug-likeness (QED) is 0.491. The molecule has 0 heterocycles. The van der Waals surface area contributed by atoms with Gasteiger partial charge in [0.05, 0.1) is 5.41 Å². The van der Waals surface area contributed by atoms with Gasteiger partial charge in [0.1, 0.15) is 0 Å². The van der Waals surface area contributed by atoms with Crippen molar-refractivity contribution in [1.29, 1.82) is 0 Å². The molecule has 3 nitrogen and oxygen atoms in total. The van der Waals surface area contributed by atoms with Crippen LogP contribution < -0.4 is 0 Å². The van der Waals surface area contributed by atoms with Crippen molar-refractivity contribution in [3.8, 4) is 0 Å². The summed E-state index contributed by atoms with van der Waals surface area (Å²) < 4.78 is 85.1. The number of hydrogen-bond acceptors (Lipinski definition) is 3. The van der Waals surface area contributed by atoms with Crippen LogP contribution in [-0.4, -0.2) is 34.6 Å². The molecule has 0 aromatic heterocycles. The van der Waals surface area contributed by atoms with E-state index in [1.165, 1.54) is 13.8 Å². The maximum Gasteiger partial charge on any atom is 0.428 e. The minimum atomic E-state index is -4.87. The lowest BCUT2D eigenvalue weighted by atomic mass is 9.69. The minimum absolute atomic E-state index is 0.229. The molecule has 1 rings (SSSR count). The SMILES string of the molecule is CCC(C)(C)C(=O)OC(C)(C1CCC(C(C)(O)C(F)(F)F)CC1)C(F)(F)F. The van der Waals surface area contributed by atoms with Crippen molar-refractivity contribution < 1.29 is 41.0 Å². The number of halogens is 6. The van der Waals surface area contributed by atoms with Crippen LogP contribution >= 0.6 is 0 Å². The van der Waals surface area contributed by atoms with Crippen molar-refractivity contribution >= 4 is 5.97 Å². The molecule has 1 saturated carbocycles. The lowest BCUT2D eigenvalue weighted by Gasteiger charge is -2.45. The summed E-state index contributed by atoms with van der Waals surface area (Å²) in [5.41, 5.74) is -6.86. The molecule has 1 aliphatic rings. The first kappa shape index (κ1) is 24.0. The number of esters is 1. The summed E-state index contributed by atoms with van der Waals surface area (Å²) in [6.07, 6.45) is -10.4. The molecule has 1 aliphatic carbocycles. The van der Waals surface area contributed by atoms with Crippen LogP contribution in [0.25, 0.3) is 0 Å². The third-order valence-electron chi connectivity index (χ3n) is 6.18. The van der Waals surface area contributed by atoms with Crippen molar-refractivity contribution in [2.75, 3.05) is 0 Å². The zero-order chi connectivity index (χ0) is 21.5. The summed E-state index contributed by atoms with van der Waals surface area (Å²) in [5.74, 6) is -3.36. The molecule has 9 heteroatoms. The predicted octanol–water partition coefficient (Wildman–Crippen LogP) is 5.41. The molecule has 1 fully saturated rings. The Balaban J connectivity index is 3.02. The Labute approximate surface area is 155 Å². The van der Waals surface area contributed by atoms with Crippen LogP contribution in [-0.2, 0) is 9.53 Å². The highest BCUT2D eigenvalue weighted by Crippen LogP contribution is 2.50. The average molecular weight is 406 g/mol. The topological polar surface area (TPSA) is 46.5 Å². The molecule has 0 saturated heterocycles. The van der Waals surface area contributed by atoms with Crippen molar-refractivity contribution in [3.63, 3.8) is 0 Å². The summed E-state index contributed by atoms with van der Waals surface area (Å²) in [7, 11) is 0. The summed E-state index contributed by atoms with van der Waals surface area (Å²) in [4.78, 5) is 12.2. The summed E-state index contributed by atoms with van der Waals surface area (Å²) in [6, 6.07) is 0. The first-order chi connectivity index (χ1) is 11.9. The van der Waals surface area contributed by atoms with Gasteiger partial charge in [0, 0.05) is 5.92 Å². The molecule has 2 atom stereocenters. The Hall–Kier alpha value is -0.990. The Bertz CT molecular complexity index is 530. The van der Waals surface area contributed by atoms with Crippen LogP contribution in [0.15, 0.2) is 0 Å². The van der Waals surface area contributed by atoms with Gasteiger partial charge in [-0.25, -0.2) is 0 Å². The number of carbonyl (C=O) groups is 1. The van der Waals surface area contributed by atoms with Crippen LogP contribution in [0.3, 0.4) is 0 Å². The van der Waals surface area contributed by atoms with Gasteiger partial charge in [-0.3, -0.25) is 4.79 Å². The summed E-state index contributed by atoms with van der Waals surface area (Å²) in [5, 5.41) is 9.78. The highest BCUT2D eigenvalue weighted by molar-refractivity contribution is 5.76. The Kier molecular flexibility index (Phi) is 6.63. The Morgan fingerprint density at radius 2 is 1.30 bits per heavy atom. The molecular weight excluding hydrogens is 378 g/mol. The molecule has 0 bridgehead atoms. The van der Waals surface area contributed by atoms with Gasteiger partial charge < -0.3 is 9.84 Å². The van der Waals surface area contributed by atoms with E-state index in [9.17, 15) is 36.2 Å². The van der Waals surface area contributed by atoms with E-state index in [-0.39, 0.29) is 32.1 Å². The number of aliphatic hydroxyl groups is 1. The second-order valence-electron chi connectivity index (χ2n) is 8.43. The Morgan fingerprint density at radius 1 is 0.889 bits per heavy atom. The molecule has 0 amide bonds. The number of ether oxygens (including phenoxy) is 1. The standard InChI is InChI=1S/C18H28F6O3/c1-6-14(2,3)13(25)27-16(5,18(22,23)24)12-9-7-11(8-10-12)15(4,26)17(19,20)21/h11-12,26H,6-10H2,1-5H3. The molecule has 0 radical (unpaired) electrons. The van der Waals surface area contributed by atoms with Gasteiger partial charge in [-0.1, -0.05) is 6.92 Å². The largest absolute Gasteiger partial charge is 0.449 e. The highest BCUT2D eigenvalue weighted by Gasteiger charge is 2.62. The minimum Gasteiger partial charge on any atom is -0.449 e. The fourth-order valence-electron chi connectivity index (χ4n) is 3.29. The predicted molar refractivity (Wildman–Crippen MR) is 86.8 cm³/mol. The van der Waals surface area contributed by atoms with Gasteiger partial charge in [-0.2, -0.15) is 26.3 Å². The third kappa shape index (κ3) is 4.71. The Morgan fingerprint density at radius 3 is 1.63 bits per heavy atom. The van der Waals surface area contributed by atoms with Crippen LogP contribution in [0.4, 0.5) is 26.3 Å². The van der Waals surface area contributed by atoms with E-state index in [4.69, 9.17) is 4.74 Å². The molecule has 0 spiro atoms. The molecule has 2 unspecified atom stereocenters. The van der Waals surface area contributed by atoms with Gasteiger partial charge in [-0.05, 0) is 65.7 Å². The molecule has 1 N–H and O–H groups in total. The monoisotopic (exact) mass is 406 g/mol. The number of hydrogen-bond donors (Lipinski definition) is 1. The zero-order valence-corrected chi connectivity index (χ0v) is 16.2. The van der Waals surface area contributed by atoms with E-state index in [0.717, 1.165) is 6.92 Å². The van der Waals surface area contributed by atoms with E-state index in [1.807, 2.05) is 0 Å². The molecule has 0 aliphatic heterocycles. The van der Waals surface area contributed by atoms with Gasteiger partial charge >= 0.3 is 18.3 Å². The van der Waals surface area contributed by atoms with Crippen LogP contribution in [0.2, 0.25) is 0 Å². The molecule has 160 valence electrons. The molecular formula is C18H28F6O3. The maximum atomic E-state index is 13.8. The fraction of sp³-hybridized carbons (Fsp3) is 0.944. The third-order valence-corrected chi connectivity index (χ3v) is 6.18. The number of rotatable bonds is 5. The fourth-order valence-corrected chi connectivity index (χ4v) is 3.29. The van der Waals surface area contributed by atoms with Crippen molar-refractivity contribution in [1.82, 2.24) is 0 Å². The lowest BCUT2D eigenvalue weighted by Crippen LogP contribution is -2.56. The van der Waals surface area contributed by atoms with Crippen LogP contribution in [0.5, 0.6) is 0 Å². The summed E-state index contributed by atoms with van der Waals surface area (Å²) >= 11 is 0. The van der Waals surface area contributed by atoms with Crippen molar-refractivity contribution in [2.24, 2.45) is 17.3 Å². The summed E-state index contributed by atoms with van der Waals surface area (Å²) in [6.45, 7) is 6.03. The van der Waals surface area contributed by atoms with E-state index in [0.29, 0.717) is 6.92 Å². The van der Waals surface area contributed by atoms with Crippen LogP contribution in [0, 0.1) is 17.3 Å². The van der Waals surface area contributed by atoms with Crippen molar-refractivity contribution in [3.05, 3.63) is 0 Å².